The van der Waals surface area contributed by atoms with Crippen LogP contribution in [-0.2, 0) is 0 Å². The third-order valence-corrected chi connectivity index (χ3v) is 2.73. The Bertz CT molecular complexity index is 469. The first-order valence-electron chi connectivity index (χ1n) is 3.33. The highest BCUT2D eigenvalue weighted by Gasteiger charge is 2.33. The van der Waals surface area contributed by atoms with E-state index in [9.17, 15) is 9.59 Å². The summed E-state index contributed by atoms with van der Waals surface area (Å²) < 4.78 is 0. The number of nitrogens with one attached hydrogen (secondary N) is 1. The number of imide groups is 1. The lowest BCUT2D eigenvalue weighted by molar-refractivity contribution is 0.0880. The molecule has 5 nitrogen and oxygen atoms in total. The van der Waals surface area contributed by atoms with Gasteiger partial charge in [-0.3, -0.25) is 14.9 Å². The molecule has 0 radical (unpaired) electrons. The largest absolute Gasteiger partial charge is 0.389 e. The van der Waals surface area contributed by atoms with Gasteiger partial charge in [0.15, 0.2) is 0 Å². The lowest BCUT2D eigenvalue weighted by Crippen LogP contribution is -2.20. The molecular formula is C7H3N3O2S. The molecule has 1 aromatic heterocycles. The summed E-state index contributed by atoms with van der Waals surface area (Å²) in [5, 5.41) is 11.0. The SMILES string of the molecule is N#Cc1c(N)sc2c1C(=O)NC2=O. The smallest absolute Gasteiger partial charge is 0.269 e. The predicted molar refractivity (Wildman–Crippen MR) is 45.2 cm³/mol. The Balaban J connectivity index is 2.79. The molecule has 0 unspecified atom stereocenters. The summed E-state index contributed by atoms with van der Waals surface area (Å²) in [4.78, 5) is 22.4. The number of nitrogen functional groups attached to an aromatic ring is 1. The average Bonchev–Trinajstić information content (AvgIpc) is 2.52. The standard InChI is InChI=1S/C7H3N3O2S/c8-1-2-3-4(13-5(2)9)7(12)10-6(3)11/h9H2,(H,10,11,12). The van der Waals surface area contributed by atoms with Crippen molar-refractivity contribution in [1.82, 2.24) is 5.32 Å². The normalized spacial score (nSPS) is 13.8. The van der Waals surface area contributed by atoms with E-state index in [1.54, 1.807) is 6.07 Å². The van der Waals surface area contributed by atoms with E-state index in [2.05, 4.69) is 5.32 Å². The number of anilines is 1. The maximum atomic E-state index is 11.1. The topological polar surface area (TPSA) is 96.0 Å². The highest BCUT2D eigenvalue weighted by Crippen LogP contribution is 2.33. The van der Waals surface area contributed by atoms with Crippen molar-refractivity contribution in [3.05, 3.63) is 16.0 Å². The van der Waals surface area contributed by atoms with E-state index in [1.165, 1.54) is 0 Å². The maximum absolute atomic E-state index is 11.1. The molecule has 1 aromatic rings. The van der Waals surface area contributed by atoms with Gasteiger partial charge in [-0.15, -0.1) is 11.3 Å². The van der Waals surface area contributed by atoms with Gasteiger partial charge in [0.25, 0.3) is 11.8 Å². The van der Waals surface area contributed by atoms with Gasteiger partial charge in [0.05, 0.1) is 11.1 Å². The van der Waals surface area contributed by atoms with E-state index < -0.39 is 11.8 Å². The van der Waals surface area contributed by atoms with E-state index in [1.807, 2.05) is 0 Å². The first kappa shape index (κ1) is 7.76. The Morgan fingerprint density at radius 2 is 2.08 bits per heavy atom. The summed E-state index contributed by atoms with van der Waals surface area (Å²) >= 11 is 0.962. The van der Waals surface area contributed by atoms with Crippen LogP contribution in [0.3, 0.4) is 0 Å². The van der Waals surface area contributed by atoms with Crippen LogP contribution in [0, 0.1) is 11.3 Å². The second-order valence-corrected chi connectivity index (χ2v) is 3.49. The minimum Gasteiger partial charge on any atom is -0.389 e. The molecule has 0 bridgehead atoms. The fraction of sp³-hybridized carbons (Fsp3) is 0. The van der Waals surface area contributed by atoms with Crippen molar-refractivity contribution < 1.29 is 9.59 Å². The van der Waals surface area contributed by atoms with Crippen LogP contribution < -0.4 is 11.1 Å². The highest BCUT2D eigenvalue weighted by molar-refractivity contribution is 7.18. The molecule has 6 heteroatoms. The lowest BCUT2D eigenvalue weighted by Gasteiger charge is -1.90. The van der Waals surface area contributed by atoms with Crippen LogP contribution in [0.5, 0.6) is 0 Å². The Morgan fingerprint density at radius 1 is 1.38 bits per heavy atom. The molecule has 0 saturated carbocycles. The molecule has 2 amide bonds. The first-order valence-corrected chi connectivity index (χ1v) is 4.15. The van der Waals surface area contributed by atoms with Crippen molar-refractivity contribution in [1.29, 1.82) is 5.26 Å². The van der Waals surface area contributed by atoms with E-state index >= 15 is 0 Å². The summed E-state index contributed by atoms with van der Waals surface area (Å²) in [5.74, 6) is -1.01. The molecule has 0 aromatic carbocycles. The minimum atomic E-state index is -0.537. The number of hydrogen-bond donors (Lipinski definition) is 2. The lowest BCUT2D eigenvalue weighted by atomic mass is 10.2. The molecule has 13 heavy (non-hydrogen) atoms. The van der Waals surface area contributed by atoms with Gasteiger partial charge in [-0.2, -0.15) is 5.26 Å². The number of nitrogens with two attached hydrogens (primary N) is 1. The molecule has 0 saturated heterocycles. The molecule has 0 fully saturated rings. The summed E-state index contributed by atoms with van der Waals surface area (Å²) in [6, 6.07) is 1.80. The van der Waals surface area contributed by atoms with Gasteiger partial charge in [0.1, 0.15) is 15.9 Å². The predicted octanol–water partition coefficient (Wildman–Crippen LogP) is 0.0856. The van der Waals surface area contributed by atoms with Crippen LogP contribution in [0.1, 0.15) is 25.6 Å². The summed E-state index contributed by atoms with van der Waals surface area (Å²) in [7, 11) is 0. The molecule has 2 heterocycles. The van der Waals surface area contributed by atoms with Crippen molar-refractivity contribution in [2.75, 3.05) is 5.73 Å². The van der Waals surface area contributed by atoms with Gasteiger partial charge in [-0.1, -0.05) is 0 Å². The summed E-state index contributed by atoms with van der Waals surface area (Å²) in [6.07, 6.45) is 0. The van der Waals surface area contributed by atoms with Gasteiger partial charge >= 0.3 is 0 Å². The average molecular weight is 193 g/mol. The Morgan fingerprint density at radius 3 is 2.69 bits per heavy atom. The van der Waals surface area contributed by atoms with Gasteiger partial charge < -0.3 is 5.73 Å². The third kappa shape index (κ3) is 0.846. The van der Waals surface area contributed by atoms with Crippen LogP contribution in [-0.4, -0.2) is 11.8 Å². The van der Waals surface area contributed by atoms with Crippen molar-refractivity contribution in [3.63, 3.8) is 0 Å². The van der Waals surface area contributed by atoms with Crippen molar-refractivity contribution in [3.8, 4) is 6.07 Å². The molecule has 2 rings (SSSR count). The quantitative estimate of drug-likeness (QED) is 0.570. The number of rotatable bonds is 0. The minimum absolute atomic E-state index is 0.100. The van der Waals surface area contributed by atoms with Crippen LogP contribution in [0.15, 0.2) is 0 Å². The number of carbonyl (C=O) groups excluding carboxylic acids is 2. The summed E-state index contributed by atoms with van der Waals surface area (Å²) in [6.45, 7) is 0. The summed E-state index contributed by atoms with van der Waals surface area (Å²) in [5.41, 5.74) is 5.67. The zero-order valence-electron chi connectivity index (χ0n) is 6.25. The van der Waals surface area contributed by atoms with Crippen molar-refractivity contribution in [2.24, 2.45) is 0 Å². The zero-order chi connectivity index (χ0) is 9.59. The molecule has 1 aliphatic heterocycles. The second-order valence-electron chi connectivity index (χ2n) is 2.44. The number of amides is 2. The van der Waals surface area contributed by atoms with Gasteiger partial charge in [0.2, 0.25) is 0 Å². The molecule has 0 aliphatic carbocycles. The van der Waals surface area contributed by atoms with Crippen LogP contribution >= 0.6 is 11.3 Å². The molecular weight excluding hydrogens is 190 g/mol. The van der Waals surface area contributed by atoms with Crippen LogP contribution in [0.25, 0.3) is 0 Å². The third-order valence-electron chi connectivity index (χ3n) is 1.71. The monoisotopic (exact) mass is 193 g/mol. The number of thiophene rings is 1. The number of fused-ring (bicyclic) bond motifs is 1. The Hall–Kier alpha value is -1.87. The van der Waals surface area contributed by atoms with Crippen molar-refractivity contribution in [2.45, 2.75) is 0 Å². The van der Waals surface area contributed by atoms with Gasteiger partial charge in [0, 0.05) is 0 Å². The van der Waals surface area contributed by atoms with Gasteiger partial charge in [-0.25, -0.2) is 0 Å². The van der Waals surface area contributed by atoms with Crippen LogP contribution in [0.2, 0.25) is 0 Å². The molecule has 3 N–H and O–H groups in total. The molecule has 0 spiro atoms. The van der Waals surface area contributed by atoms with Crippen LogP contribution in [0.4, 0.5) is 5.00 Å². The highest BCUT2D eigenvalue weighted by atomic mass is 32.1. The Labute approximate surface area is 76.8 Å². The molecule has 64 valence electrons. The van der Waals surface area contributed by atoms with E-state index in [0.29, 0.717) is 0 Å². The molecule has 1 aliphatic rings. The van der Waals surface area contributed by atoms with Crippen molar-refractivity contribution >= 4 is 28.2 Å². The van der Waals surface area contributed by atoms with E-state index in [-0.39, 0.29) is 21.0 Å². The maximum Gasteiger partial charge on any atom is 0.269 e. The fourth-order valence-electron chi connectivity index (χ4n) is 1.16. The molecule has 0 atom stereocenters. The number of carbonyl (C=O) groups is 2. The zero-order valence-corrected chi connectivity index (χ0v) is 7.07. The first-order chi connectivity index (χ1) is 6.15. The van der Waals surface area contributed by atoms with E-state index in [4.69, 9.17) is 11.0 Å². The number of hydrogen-bond acceptors (Lipinski definition) is 5. The fourth-order valence-corrected chi connectivity index (χ4v) is 2.07. The van der Waals surface area contributed by atoms with Gasteiger partial charge in [-0.05, 0) is 0 Å². The van der Waals surface area contributed by atoms with E-state index in [0.717, 1.165) is 11.3 Å². The number of nitriles is 1. The second kappa shape index (κ2) is 2.31. The number of nitrogens with zero attached hydrogens (tertiary/aromatic N) is 1. The Kier molecular flexibility index (Phi) is 1.38.